The maximum absolute atomic E-state index is 8.53. The van der Waals surface area contributed by atoms with Crippen molar-refractivity contribution in [2.24, 2.45) is 0 Å². The zero-order chi connectivity index (χ0) is 8.69. The van der Waals surface area contributed by atoms with E-state index in [4.69, 9.17) is 18.4 Å². The van der Waals surface area contributed by atoms with E-state index in [-0.39, 0.29) is 18.8 Å². The molecule has 1 aromatic rings. The van der Waals surface area contributed by atoms with Crippen LogP contribution in [0.4, 0.5) is 11.4 Å². The Morgan fingerprint density at radius 1 is 1.00 bits per heavy atom. The Labute approximate surface area is 79.7 Å². The van der Waals surface area contributed by atoms with Crippen LogP contribution in [0.25, 0.3) is 11.5 Å². The molecular formula is C7H9N2O2Re-3. The predicted molar refractivity (Wildman–Crippen MR) is 42.2 cm³/mol. The molecule has 2 N–H and O–H groups in total. The molecule has 0 unspecified atom stereocenters. The first-order chi connectivity index (χ1) is 5.22. The van der Waals surface area contributed by atoms with E-state index in [0.717, 1.165) is 0 Å². The van der Waals surface area contributed by atoms with Gasteiger partial charge in [-0.2, -0.15) is 11.4 Å². The van der Waals surface area contributed by atoms with Crippen molar-refractivity contribution in [2.75, 3.05) is 0 Å². The second-order valence-corrected chi connectivity index (χ2v) is 2.06. The molecule has 4 nitrogen and oxygen atoms in total. The van der Waals surface area contributed by atoms with Gasteiger partial charge in [0.1, 0.15) is 0 Å². The molecule has 0 heterocycles. The van der Waals surface area contributed by atoms with Gasteiger partial charge >= 0.3 is 24.8 Å². The number of hydrogen-bond acceptors (Lipinski definition) is 2. The first-order valence-electron chi connectivity index (χ1n) is 2.64. The summed E-state index contributed by atoms with van der Waals surface area (Å²) in [5, 5.41) is 0. The Hall–Kier alpha value is -0.918. The van der Waals surface area contributed by atoms with E-state index in [1.54, 1.807) is 24.3 Å². The summed E-state index contributed by atoms with van der Waals surface area (Å²) >= 11 is -2.17. The van der Waals surface area contributed by atoms with Gasteiger partial charge in [0, 0.05) is 0 Å². The van der Waals surface area contributed by atoms with E-state index in [9.17, 15) is 0 Å². The zero-order valence-electron chi connectivity index (χ0n) is 6.50. The van der Waals surface area contributed by atoms with E-state index in [1.807, 2.05) is 0 Å². The third-order valence-electron chi connectivity index (χ3n) is 0.927. The third-order valence-corrected chi connectivity index (χ3v) is 0.927. The average molecular weight is 339 g/mol. The SMILES string of the molecule is [CH3-].[NH-]c1ccccc1[NH-].[O]=[Re]=[O]. The molecular weight excluding hydrogens is 330 g/mol. The van der Waals surface area contributed by atoms with Crippen molar-refractivity contribution < 1.29 is 24.8 Å². The van der Waals surface area contributed by atoms with Crippen LogP contribution in [-0.4, -0.2) is 0 Å². The minimum absolute atomic E-state index is 0. The van der Waals surface area contributed by atoms with Gasteiger partial charge in [-0.15, -0.1) is 0 Å². The second-order valence-electron chi connectivity index (χ2n) is 1.61. The summed E-state index contributed by atoms with van der Waals surface area (Å²) in [4.78, 5) is 0. The molecule has 0 saturated heterocycles. The van der Waals surface area contributed by atoms with E-state index < -0.39 is 17.9 Å². The minimum atomic E-state index is -2.17. The second kappa shape index (κ2) is 8.18. The van der Waals surface area contributed by atoms with Gasteiger partial charge in [0.15, 0.2) is 0 Å². The van der Waals surface area contributed by atoms with Crippen LogP contribution in [0.15, 0.2) is 24.3 Å². The summed E-state index contributed by atoms with van der Waals surface area (Å²) in [5.41, 5.74) is 14.6. The topological polar surface area (TPSA) is 81.7 Å². The van der Waals surface area contributed by atoms with Crippen LogP contribution >= 0.6 is 0 Å². The average Bonchev–Trinajstić information content (AvgIpc) is 1.97. The molecule has 69 valence electrons. The molecule has 0 aliphatic carbocycles. The van der Waals surface area contributed by atoms with E-state index in [1.165, 1.54) is 0 Å². The van der Waals surface area contributed by atoms with E-state index >= 15 is 0 Å². The fourth-order valence-electron chi connectivity index (χ4n) is 0.483. The number of benzene rings is 1. The van der Waals surface area contributed by atoms with Crippen molar-refractivity contribution in [1.82, 2.24) is 0 Å². The number of nitrogens with one attached hydrogen (secondary N) is 2. The molecule has 0 atom stereocenters. The number of hydrogen-bond donors (Lipinski definition) is 0. The summed E-state index contributed by atoms with van der Waals surface area (Å²) in [6.07, 6.45) is 0. The standard InChI is InChI=1S/C6H6N2.CH3.2O.Re/c7-5-3-1-2-4-6(5)8;;;;/h1-4,7-8H;1H3;;;/q-2;-1;;;. The van der Waals surface area contributed by atoms with Gasteiger partial charge in [0.05, 0.1) is 0 Å². The predicted octanol–water partition coefficient (Wildman–Crippen LogP) is 3.26. The maximum atomic E-state index is 8.53. The molecule has 0 aliphatic heterocycles. The molecule has 0 aromatic heterocycles. The summed E-state index contributed by atoms with van der Waals surface area (Å²) in [7, 11) is 0. The number of rotatable bonds is 0. The van der Waals surface area contributed by atoms with Crippen LogP contribution < -0.4 is 0 Å². The molecule has 1 aromatic carbocycles. The van der Waals surface area contributed by atoms with Crippen molar-refractivity contribution in [3.63, 3.8) is 0 Å². The van der Waals surface area contributed by atoms with Crippen LogP contribution in [-0.2, 0) is 24.8 Å². The quantitative estimate of drug-likeness (QED) is 0.680. The van der Waals surface area contributed by atoms with E-state index in [2.05, 4.69) is 0 Å². The summed E-state index contributed by atoms with van der Waals surface area (Å²) in [6.45, 7) is 0. The van der Waals surface area contributed by atoms with Crippen LogP contribution in [0.3, 0.4) is 0 Å². The molecule has 0 saturated carbocycles. The van der Waals surface area contributed by atoms with Crippen LogP contribution in [0.5, 0.6) is 0 Å². The Kier molecular flexibility index (Phi) is 9.31. The molecule has 12 heavy (non-hydrogen) atoms. The molecule has 0 spiro atoms. The van der Waals surface area contributed by atoms with Gasteiger partial charge < -0.3 is 18.9 Å². The fraction of sp³-hybridized carbons (Fsp3) is 0. The van der Waals surface area contributed by atoms with Gasteiger partial charge in [-0.3, -0.25) is 0 Å². The van der Waals surface area contributed by atoms with Gasteiger partial charge in [-0.05, 0) is 0 Å². The normalized spacial score (nSPS) is 7.00. The zero-order valence-corrected chi connectivity index (χ0v) is 9.22. The molecule has 0 bridgehead atoms. The van der Waals surface area contributed by atoms with Crippen molar-refractivity contribution in [2.45, 2.75) is 0 Å². The monoisotopic (exact) mass is 340 g/mol. The van der Waals surface area contributed by atoms with Gasteiger partial charge in [0.2, 0.25) is 0 Å². The van der Waals surface area contributed by atoms with Gasteiger partial charge in [0.25, 0.3) is 0 Å². The molecule has 0 amide bonds. The van der Waals surface area contributed by atoms with Crippen molar-refractivity contribution in [3.8, 4) is 0 Å². The van der Waals surface area contributed by atoms with Crippen LogP contribution in [0, 0.1) is 7.43 Å². The van der Waals surface area contributed by atoms with Crippen LogP contribution in [0.2, 0.25) is 0 Å². The van der Waals surface area contributed by atoms with Crippen molar-refractivity contribution in [1.29, 1.82) is 0 Å². The van der Waals surface area contributed by atoms with Gasteiger partial charge in [-0.25, -0.2) is 0 Å². The molecule has 0 aliphatic rings. The summed E-state index contributed by atoms with van der Waals surface area (Å²) < 4.78 is 17.1. The molecule has 0 fully saturated rings. The van der Waals surface area contributed by atoms with E-state index in [0.29, 0.717) is 0 Å². The Balaban J connectivity index is 0. The Bertz CT molecular complexity index is 238. The Morgan fingerprint density at radius 2 is 1.25 bits per heavy atom. The summed E-state index contributed by atoms with van der Waals surface area (Å²) in [5.74, 6) is 0. The Morgan fingerprint density at radius 3 is 1.42 bits per heavy atom. The first kappa shape index (κ1) is 13.7. The molecule has 1 rings (SSSR count). The molecule has 5 heteroatoms. The third kappa shape index (κ3) is 5.84. The van der Waals surface area contributed by atoms with Gasteiger partial charge in [-0.1, -0.05) is 24.3 Å². The summed E-state index contributed by atoms with van der Waals surface area (Å²) in [6, 6.07) is 6.70. The molecule has 0 radical (unpaired) electrons. The fourth-order valence-corrected chi connectivity index (χ4v) is 0.483. The van der Waals surface area contributed by atoms with Crippen molar-refractivity contribution in [3.05, 3.63) is 43.2 Å². The van der Waals surface area contributed by atoms with Crippen LogP contribution in [0.1, 0.15) is 0 Å². The first-order valence-corrected chi connectivity index (χ1v) is 4.85. The van der Waals surface area contributed by atoms with Crippen molar-refractivity contribution >= 4 is 11.4 Å².